The number of benzene rings is 2. The zero-order chi connectivity index (χ0) is 16.2. The Morgan fingerprint density at radius 2 is 1.83 bits per heavy atom. The van der Waals surface area contributed by atoms with Crippen LogP contribution >= 0.6 is 0 Å². The monoisotopic (exact) mass is 309 g/mol. The second-order valence-corrected chi connectivity index (χ2v) is 5.62. The molecule has 0 aromatic heterocycles. The third-order valence-corrected chi connectivity index (χ3v) is 4.05. The number of nitrogens with zero attached hydrogens (tertiary/aromatic N) is 1. The van der Waals surface area contributed by atoms with Gasteiger partial charge in [-0.2, -0.15) is 0 Å². The zero-order valence-corrected chi connectivity index (χ0v) is 12.7. The maximum Gasteiger partial charge on any atom is 0.312 e. The predicted molar refractivity (Wildman–Crippen MR) is 89.2 cm³/mol. The van der Waals surface area contributed by atoms with Crippen LogP contribution in [0.2, 0.25) is 0 Å². The van der Waals surface area contributed by atoms with Gasteiger partial charge in [0.1, 0.15) is 6.04 Å². The third kappa shape index (κ3) is 3.34. The van der Waals surface area contributed by atoms with Gasteiger partial charge in [-0.25, -0.2) is 4.79 Å². The highest BCUT2D eigenvalue weighted by Crippen LogP contribution is 2.28. The van der Waals surface area contributed by atoms with E-state index in [1.54, 1.807) is 4.90 Å². The van der Waals surface area contributed by atoms with Gasteiger partial charge in [-0.05, 0) is 23.6 Å². The molecule has 0 bridgehead atoms. The number of hydrogen-bond donors (Lipinski definition) is 2. The number of anilines is 1. The molecule has 23 heavy (non-hydrogen) atoms. The maximum absolute atomic E-state index is 12.7. The summed E-state index contributed by atoms with van der Waals surface area (Å²) in [7, 11) is 0. The van der Waals surface area contributed by atoms with E-state index in [1.165, 1.54) is 5.56 Å². The molecule has 3 rings (SSSR count). The van der Waals surface area contributed by atoms with Gasteiger partial charge in [-0.3, -0.25) is 4.79 Å². The summed E-state index contributed by atoms with van der Waals surface area (Å²) in [5, 5.41) is 2.55. The van der Waals surface area contributed by atoms with E-state index in [-0.39, 0.29) is 5.91 Å². The summed E-state index contributed by atoms with van der Waals surface area (Å²) in [5.74, 6) is -0.113. The topological polar surface area (TPSA) is 75.4 Å². The lowest BCUT2D eigenvalue weighted by Crippen LogP contribution is -2.54. The number of para-hydroxylation sites is 1. The van der Waals surface area contributed by atoms with E-state index in [0.717, 1.165) is 17.7 Å². The number of amides is 3. The van der Waals surface area contributed by atoms with Crippen molar-refractivity contribution in [2.24, 2.45) is 5.73 Å². The number of urea groups is 1. The molecular formula is C18H19N3O2. The number of carbonyl (C=O) groups is 2. The summed E-state index contributed by atoms with van der Waals surface area (Å²) in [5.41, 5.74) is 8.32. The molecule has 0 saturated heterocycles. The Labute approximate surface area is 135 Å². The van der Waals surface area contributed by atoms with Crippen LogP contribution in [0.5, 0.6) is 0 Å². The fourth-order valence-electron chi connectivity index (χ4n) is 2.96. The average Bonchev–Trinajstić information content (AvgIpc) is 2.55. The second kappa shape index (κ2) is 6.52. The van der Waals surface area contributed by atoms with Crippen molar-refractivity contribution in [3.8, 4) is 0 Å². The molecule has 0 aliphatic carbocycles. The molecular weight excluding hydrogens is 290 g/mol. The van der Waals surface area contributed by atoms with Crippen molar-refractivity contribution in [1.82, 2.24) is 5.32 Å². The first-order valence-electron chi connectivity index (χ1n) is 7.64. The molecule has 2 aromatic rings. The Morgan fingerprint density at radius 3 is 2.57 bits per heavy atom. The van der Waals surface area contributed by atoms with Crippen LogP contribution in [0, 0.1) is 0 Å². The van der Waals surface area contributed by atoms with Crippen LogP contribution in [0.25, 0.3) is 0 Å². The highest BCUT2D eigenvalue weighted by molar-refractivity contribution is 6.01. The van der Waals surface area contributed by atoms with Crippen molar-refractivity contribution < 1.29 is 9.59 Å². The minimum atomic E-state index is -0.675. The van der Waals surface area contributed by atoms with Crippen molar-refractivity contribution in [1.29, 1.82) is 0 Å². The number of rotatable bonds is 4. The van der Waals surface area contributed by atoms with Gasteiger partial charge in [0.05, 0.1) is 0 Å². The summed E-state index contributed by atoms with van der Waals surface area (Å²) >= 11 is 0. The fourth-order valence-corrected chi connectivity index (χ4v) is 2.96. The van der Waals surface area contributed by atoms with Crippen LogP contribution in [0.3, 0.4) is 0 Å². The van der Waals surface area contributed by atoms with Gasteiger partial charge in [0.25, 0.3) is 0 Å². The molecule has 1 heterocycles. The summed E-state index contributed by atoms with van der Waals surface area (Å²) in [4.78, 5) is 25.6. The van der Waals surface area contributed by atoms with E-state index in [2.05, 4.69) is 5.32 Å². The molecule has 0 fully saturated rings. The fraction of sp³-hybridized carbons (Fsp3) is 0.222. The Kier molecular flexibility index (Phi) is 4.28. The Morgan fingerprint density at radius 1 is 1.13 bits per heavy atom. The number of nitrogens with one attached hydrogen (secondary N) is 1. The molecule has 5 heteroatoms. The van der Waals surface area contributed by atoms with Crippen molar-refractivity contribution in [2.45, 2.75) is 18.9 Å². The molecule has 0 saturated carbocycles. The van der Waals surface area contributed by atoms with Crippen molar-refractivity contribution in [3.63, 3.8) is 0 Å². The number of fused-ring (bicyclic) bond motifs is 1. The maximum atomic E-state index is 12.7. The van der Waals surface area contributed by atoms with Crippen molar-refractivity contribution in [3.05, 3.63) is 65.7 Å². The lowest BCUT2D eigenvalue weighted by Gasteiger charge is -2.34. The molecule has 0 unspecified atom stereocenters. The highest BCUT2D eigenvalue weighted by Gasteiger charge is 2.32. The Bertz CT molecular complexity index is 715. The molecule has 2 aromatic carbocycles. The summed E-state index contributed by atoms with van der Waals surface area (Å²) in [6.07, 6.45) is 1.23. The number of hydrogen-bond acceptors (Lipinski definition) is 2. The minimum Gasteiger partial charge on any atom is -0.352 e. The van der Waals surface area contributed by atoms with Crippen LogP contribution < -0.4 is 16.0 Å². The first kappa shape index (κ1) is 15.1. The van der Waals surface area contributed by atoms with E-state index in [4.69, 9.17) is 5.73 Å². The van der Waals surface area contributed by atoms with Crippen LogP contribution in [0.15, 0.2) is 54.6 Å². The molecule has 3 amide bonds. The number of primary amides is 1. The quantitative estimate of drug-likeness (QED) is 0.904. The minimum absolute atomic E-state index is 0.113. The SMILES string of the molecule is NC(=O)N[C@@H]1Cc2ccccc2N(CCc2ccccc2)C1=O. The molecule has 1 aliphatic heterocycles. The average molecular weight is 309 g/mol. The van der Waals surface area contributed by atoms with Gasteiger partial charge < -0.3 is 16.0 Å². The molecule has 5 nitrogen and oxygen atoms in total. The largest absolute Gasteiger partial charge is 0.352 e. The molecule has 1 aliphatic rings. The van der Waals surface area contributed by atoms with E-state index >= 15 is 0 Å². The van der Waals surface area contributed by atoms with E-state index in [0.29, 0.717) is 13.0 Å². The standard InChI is InChI=1S/C18H19N3O2/c19-18(23)20-15-12-14-8-4-5-9-16(14)21(17(15)22)11-10-13-6-2-1-3-7-13/h1-9,15H,10-12H2,(H3,19,20,23)/t15-/m1/s1. The van der Waals surface area contributed by atoms with E-state index in [9.17, 15) is 9.59 Å². The van der Waals surface area contributed by atoms with Crippen LogP contribution in [-0.4, -0.2) is 24.5 Å². The molecule has 0 radical (unpaired) electrons. The predicted octanol–water partition coefficient (Wildman–Crippen LogP) is 1.86. The summed E-state index contributed by atoms with van der Waals surface area (Å²) in [6, 6.07) is 16.5. The normalized spacial score (nSPS) is 16.8. The molecule has 118 valence electrons. The van der Waals surface area contributed by atoms with Gasteiger partial charge in [0.2, 0.25) is 5.91 Å². The Balaban J connectivity index is 1.83. The van der Waals surface area contributed by atoms with Crippen LogP contribution in [-0.2, 0) is 17.6 Å². The summed E-state index contributed by atoms with van der Waals surface area (Å²) in [6.45, 7) is 0.566. The Hall–Kier alpha value is -2.82. The second-order valence-electron chi connectivity index (χ2n) is 5.62. The smallest absolute Gasteiger partial charge is 0.312 e. The molecule has 0 spiro atoms. The first-order valence-corrected chi connectivity index (χ1v) is 7.64. The van der Waals surface area contributed by atoms with Gasteiger partial charge >= 0.3 is 6.03 Å². The zero-order valence-electron chi connectivity index (χ0n) is 12.7. The number of carbonyl (C=O) groups excluding carboxylic acids is 2. The highest BCUT2D eigenvalue weighted by atomic mass is 16.2. The lowest BCUT2D eigenvalue weighted by atomic mass is 9.96. The van der Waals surface area contributed by atoms with Gasteiger partial charge in [-0.15, -0.1) is 0 Å². The lowest BCUT2D eigenvalue weighted by molar-refractivity contribution is -0.120. The number of nitrogens with two attached hydrogens (primary N) is 1. The molecule has 1 atom stereocenters. The van der Waals surface area contributed by atoms with Gasteiger partial charge in [0, 0.05) is 18.7 Å². The van der Waals surface area contributed by atoms with Crippen molar-refractivity contribution in [2.75, 3.05) is 11.4 Å². The third-order valence-electron chi connectivity index (χ3n) is 4.05. The first-order chi connectivity index (χ1) is 11.1. The van der Waals surface area contributed by atoms with Gasteiger partial charge in [0.15, 0.2) is 0 Å². The van der Waals surface area contributed by atoms with E-state index in [1.807, 2.05) is 54.6 Å². The van der Waals surface area contributed by atoms with Gasteiger partial charge in [-0.1, -0.05) is 48.5 Å². The van der Waals surface area contributed by atoms with Crippen LogP contribution in [0.4, 0.5) is 10.5 Å². The van der Waals surface area contributed by atoms with Crippen molar-refractivity contribution >= 4 is 17.6 Å². The van der Waals surface area contributed by atoms with E-state index < -0.39 is 12.1 Å². The summed E-state index contributed by atoms with van der Waals surface area (Å²) < 4.78 is 0. The van der Waals surface area contributed by atoms with Crippen LogP contribution in [0.1, 0.15) is 11.1 Å². The molecule has 3 N–H and O–H groups in total.